The van der Waals surface area contributed by atoms with Crippen LogP contribution in [-0.4, -0.2) is 0 Å². The van der Waals surface area contributed by atoms with Crippen molar-refractivity contribution in [2.45, 2.75) is 47.0 Å². The molecule has 0 aromatic carbocycles. The average Bonchev–Trinajstić information content (AvgIpc) is 2.33. The van der Waals surface area contributed by atoms with E-state index in [1.54, 1.807) is 0 Å². The van der Waals surface area contributed by atoms with Crippen molar-refractivity contribution >= 4 is 0 Å². The number of allylic oxidation sites excluding steroid dienone is 10. The lowest BCUT2D eigenvalue weighted by atomic mass is 9.75. The molecule has 1 rings (SSSR count). The van der Waals surface area contributed by atoms with Crippen molar-refractivity contribution in [3.05, 3.63) is 60.3 Å². The van der Waals surface area contributed by atoms with E-state index in [4.69, 9.17) is 0 Å². The molecule has 0 unspecified atom stereocenters. The molecule has 1 aliphatic carbocycles. The molecule has 0 aromatic heterocycles. The summed E-state index contributed by atoms with van der Waals surface area (Å²) < 4.78 is 0. The molecule has 0 atom stereocenters. The minimum absolute atomic E-state index is 0.346. The molecule has 0 aromatic rings. The van der Waals surface area contributed by atoms with Crippen molar-refractivity contribution < 1.29 is 0 Å². The highest BCUT2D eigenvalue weighted by Gasteiger charge is 2.23. The molecule has 0 radical (unpaired) electrons. The maximum Gasteiger partial charge on any atom is -0.0107 e. The van der Waals surface area contributed by atoms with E-state index in [-0.39, 0.29) is 0 Å². The minimum Gasteiger partial charge on any atom is -0.0820 e. The zero-order valence-electron chi connectivity index (χ0n) is 12.9. The summed E-state index contributed by atoms with van der Waals surface area (Å²) in [6.07, 6.45) is 23.3. The van der Waals surface area contributed by atoms with Crippen molar-refractivity contribution in [1.29, 1.82) is 0 Å². The third-order valence-corrected chi connectivity index (χ3v) is 3.48. The monoisotopic (exact) mass is 256 g/mol. The first-order valence-electron chi connectivity index (χ1n) is 7.41. The van der Waals surface area contributed by atoms with E-state index in [0.717, 1.165) is 0 Å². The SMILES string of the molecule is CC(C)/C=C/C=C/C=C/C=C/C1=CCCCC1(C)C. The lowest BCUT2D eigenvalue weighted by molar-refractivity contribution is 0.385. The summed E-state index contributed by atoms with van der Waals surface area (Å²) in [7, 11) is 0. The van der Waals surface area contributed by atoms with Crippen molar-refractivity contribution in [2.75, 3.05) is 0 Å². The van der Waals surface area contributed by atoms with Gasteiger partial charge in [-0.3, -0.25) is 0 Å². The van der Waals surface area contributed by atoms with Gasteiger partial charge in [0.2, 0.25) is 0 Å². The van der Waals surface area contributed by atoms with Crippen molar-refractivity contribution in [3.63, 3.8) is 0 Å². The standard InChI is InChI=1S/C19H28/c1-17(2)13-9-7-5-6-8-10-14-18-15-11-12-16-19(18,3)4/h5-10,13-15,17H,11-12,16H2,1-4H3/b7-5+,8-6+,13-9+,14-10+. The van der Waals surface area contributed by atoms with Gasteiger partial charge in [-0.05, 0) is 36.2 Å². The van der Waals surface area contributed by atoms with Crippen LogP contribution in [0.2, 0.25) is 0 Å². The summed E-state index contributed by atoms with van der Waals surface area (Å²) in [5, 5.41) is 0. The molecule has 0 amide bonds. The molecule has 104 valence electrons. The van der Waals surface area contributed by atoms with Crippen LogP contribution >= 0.6 is 0 Å². The Morgan fingerprint density at radius 1 is 1.00 bits per heavy atom. The van der Waals surface area contributed by atoms with Gasteiger partial charge in [0.25, 0.3) is 0 Å². The zero-order chi connectivity index (χ0) is 14.1. The largest absolute Gasteiger partial charge is 0.0820 e. The Labute approximate surface area is 119 Å². The first-order chi connectivity index (χ1) is 9.02. The minimum atomic E-state index is 0.346. The van der Waals surface area contributed by atoms with Gasteiger partial charge in [-0.2, -0.15) is 0 Å². The normalized spacial score (nSPS) is 20.4. The quantitative estimate of drug-likeness (QED) is 0.529. The molecule has 0 saturated heterocycles. The van der Waals surface area contributed by atoms with Crippen LogP contribution in [0.1, 0.15) is 47.0 Å². The van der Waals surface area contributed by atoms with Gasteiger partial charge in [0.05, 0.1) is 0 Å². The molecule has 0 N–H and O–H groups in total. The Balaban J connectivity index is 2.43. The van der Waals surface area contributed by atoms with Crippen molar-refractivity contribution in [2.24, 2.45) is 11.3 Å². The fourth-order valence-corrected chi connectivity index (χ4v) is 2.22. The summed E-state index contributed by atoms with van der Waals surface area (Å²) in [4.78, 5) is 0. The second kappa shape index (κ2) is 7.99. The fourth-order valence-electron chi connectivity index (χ4n) is 2.22. The van der Waals surface area contributed by atoms with Crippen LogP contribution in [0.5, 0.6) is 0 Å². The maximum absolute atomic E-state index is 2.38. The Morgan fingerprint density at radius 2 is 1.63 bits per heavy atom. The molecule has 0 heteroatoms. The molecule has 1 aliphatic rings. The second-order valence-corrected chi connectivity index (χ2v) is 6.19. The number of hydrogen-bond donors (Lipinski definition) is 0. The predicted octanol–water partition coefficient (Wildman–Crippen LogP) is 6.00. The first-order valence-corrected chi connectivity index (χ1v) is 7.41. The van der Waals surface area contributed by atoms with Gasteiger partial charge in [-0.15, -0.1) is 0 Å². The molecular formula is C19H28. The molecular weight excluding hydrogens is 228 g/mol. The molecule has 0 bridgehead atoms. The molecule has 0 fully saturated rings. The predicted molar refractivity (Wildman–Crippen MR) is 87.1 cm³/mol. The Bertz CT molecular complexity index is 398. The van der Waals surface area contributed by atoms with E-state index >= 15 is 0 Å². The summed E-state index contributed by atoms with van der Waals surface area (Å²) in [6.45, 7) is 9.04. The third kappa shape index (κ3) is 6.42. The van der Waals surface area contributed by atoms with Gasteiger partial charge in [0.1, 0.15) is 0 Å². The van der Waals surface area contributed by atoms with Crippen LogP contribution in [0.3, 0.4) is 0 Å². The zero-order valence-corrected chi connectivity index (χ0v) is 12.9. The molecule has 0 heterocycles. The van der Waals surface area contributed by atoms with Gasteiger partial charge in [-0.25, -0.2) is 0 Å². The highest BCUT2D eigenvalue weighted by molar-refractivity contribution is 5.30. The van der Waals surface area contributed by atoms with Crippen LogP contribution in [0.15, 0.2) is 60.3 Å². The van der Waals surface area contributed by atoms with E-state index in [0.29, 0.717) is 11.3 Å². The van der Waals surface area contributed by atoms with Gasteiger partial charge in [0.15, 0.2) is 0 Å². The van der Waals surface area contributed by atoms with E-state index in [2.05, 4.69) is 82.4 Å². The molecule has 0 saturated carbocycles. The Kier molecular flexibility index (Phi) is 6.62. The van der Waals surface area contributed by atoms with Crippen molar-refractivity contribution in [3.8, 4) is 0 Å². The lowest BCUT2D eigenvalue weighted by Crippen LogP contribution is -2.16. The fraction of sp³-hybridized carbons (Fsp3) is 0.474. The van der Waals surface area contributed by atoms with Crippen LogP contribution in [0, 0.1) is 11.3 Å². The topological polar surface area (TPSA) is 0 Å². The van der Waals surface area contributed by atoms with Crippen LogP contribution < -0.4 is 0 Å². The summed E-state index contributed by atoms with van der Waals surface area (Å²) in [5.41, 5.74) is 1.82. The summed E-state index contributed by atoms with van der Waals surface area (Å²) in [6, 6.07) is 0. The average molecular weight is 256 g/mol. The second-order valence-electron chi connectivity index (χ2n) is 6.19. The summed E-state index contributed by atoms with van der Waals surface area (Å²) >= 11 is 0. The van der Waals surface area contributed by atoms with E-state index < -0.39 is 0 Å². The van der Waals surface area contributed by atoms with Gasteiger partial charge >= 0.3 is 0 Å². The van der Waals surface area contributed by atoms with E-state index in [9.17, 15) is 0 Å². The highest BCUT2D eigenvalue weighted by Crippen LogP contribution is 2.37. The van der Waals surface area contributed by atoms with E-state index in [1.807, 2.05) is 0 Å². The molecule has 0 nitrogen and oxygen atoms in total. The molecule has 19 heavy (non-hydrogen) atoms. The summed E-state index contributed by atoms with van der Waals surface area (Å²) in [5.74, 6) is 0.619. The lowest BCUT2D eigenvalue weighted by Gasteiger charge is -2.29. The first kappa shape index (κ1) is 15.8. The smallest absolute Gasteiger partial charge is 0.0107 e. The van der Waals surface area contributed by atoms with Gasteiger partial charge in [0, 0.05) is 0 Å². The third-order valence-electron chi connectivity index (χ3n) is 3.48. The van der Waals surface area contributed by atoms with Crippen LogP contribution in [-0.2, 0) is 0 Å². The van der Waals surface area contributed by atoms with Crippen LogP contribution in [0.4, 0.5) is 0 Å². The Morgan fingerprint density at radius 3 is 2.26 bits per heavy atom. The number of rotatable bonds is 5. The molecule has 0 aliphatic heterocycles. The van der Waals surface area contributed by atoms with Crippen LogP contribution in [0.25, 0.3) is 0 Å². The number of hydrogen-bond acceptors (Lipinski definition) is 0. The Hall–Kier alpha value is -1.30. The maximum atomic E-state index is 2.38. The van der Waals surface area contributed by atoms with Gasteiger partial charge < -0.3 is 0 Å². The van der Waals surface area contributed by atoms with Gasteiger partial charge in [-0.1, -0.05) is 82.4 Å². The molecule has 0 spiro atoms. The van der Waals surface area contributed by atoms with E-state index in [1.165, 1.54) is 24.8 Å². The highest BCUT2D eigenvalue weighted by atomic mass is 14.3. The van der Waals surface area contributed by atoms with Crippen molar-refractivity contribution in [1.82, 2.24) is 0 Å².